The van der Waals surface area contributed by atoms with Gasteiger partial charge >= 0.3 is 0 Å². The Morgan fingerprint density at radius 1 is 1.86 bits per heavy atom. The average Bonchev–Trinajstić information content (AvgIpc) is 1.69. The molecule has 0 aromatic rings. The van der Waals surface area contributed by atoms with E-state index >= 15 is 0 Å². The van der Waals surface area contributed by atoms with Gasteiger partial charge in [-0.1, -0.05) is 0 Å². The van der Waals surface area contributed by atoms with Crippen LogP contribution in [0.2, 0.25) is 0 Å². The van der Waals surface area contributed by atoms with Gasteiger partial charge in [-0.05, 0) is 6.92 Å². The van der Waals surface area contributed by atoms with E-state index in [0.29, 0.717) is 6.54 Å². The maximum absolute atomic E-state index is 8.16. The number of aliphatic hydroxyl groups is 1. The molecule has 0 saturated carbocycles. The van der Waals surface area contributed by atoms with E-state index in [1.54, 1.807) is 6.21 Å². The van der Waals surface area contributed by atoms with Gasteiger partial charge in [0.15, 0.2) is 0 Å². The molecule has 0 atom stereocenters. The van der Waals surface area contributed by atoms with Crippen molar-refractivity contribution in [1.29, 1.82) is 0 Å². The molecule has 0 aliphatic rings. The molecule has 42 valence electrons. The summed E-state index contributed by atoms with van der Waals surface area (Å²) in [6.07, 6.45) is 1.63. The van der Waals surface area contributed by atoms with E-state index in [1.165, 1.54) is 0 Å². The molecule has 3 nitrogen and oxygen atoms in total. The SMILES string of the molecule is CC=NNCCO. The highest BCUT2D eigenvalue weighted by atomic mass is 16.3. The van der Waals surface area contributed by atoms with Crippen molar-refractivity contribution in [2.75, 3.05) is 13.2 Å². The highest BCUT2D eigenvalue weighted by Crippen LogP contribution is 1.54. The number of rotatable bonds is 3. The zero-order chi connectivity index (χ0) is 5.54. The van der Waals surface area contributed by atoms with E-state index in [0.717, 1.165) is 0 Å². The first-order valence-electron chi connectivity index (χ1n) is 2.23. The fourth-order valence-corrected chi connectivity index (χ4v) is 0.206. The second-order valence-corrected chi connectivity index (χ2v) is 1.02. The first kappa shape index (κ1) is 6.43. The topological polar surface area (TPSA) is 44.6 Å². The highest BCUT2D eigenvalue weighted by Gasteiger charge is 1.70. The molecule has 0 unspecified atom stereocenters. The van der Waals surface area contributed by atoms with Gasteiger partial charge in [-0.3, -0.25) is 0 Å². The van der Waals surface area contributed by atoms with E-state index in [-0.39, 0.29) is 6.61 Å². The van der Waals surface area contributed by atoms with Crippen LogP contribution in [0, 0.1) is 0 Å². The van der Waals surface area contributed by atoms with Crippen LogP contribution in [-0.4, -0.2) is 24.5 Å². The third kappa shape index (κ3) is 5.43. The van der Waals surface area contributed by atoms with Crippen LogP contribution in [0.1, 0.15) is 6.92 Å². The van der Waals surface area contributed by atoms with Crippen LogP contribution in [0.3, 0.4) is 0 Å². The Bertz CT molecular complexity index is 53.7. The molecule has 0 amide bonds. The normalized spacial score (nSPS) is 10.0. The Balaban J connectivity index is 2.69. The van der Waals surface area contributed by atoms with Gasteiger partial charge in [0.2, 0.25) is 0 Å². The lowest BCUT2D eigenvalue weighted by atomic mass is 10.7. The van der Waals surface area contributed by atoms with Crippen LogP contribution in [0.25, 0.3) is 0 Å². The summed E-state index contributed by atoms with van der Waals surface area (Å²) in [5.74, 6) is 0. The lowest BCUT2D eigenvalue weighted by Gasteiger charge is -1.90. The zero-order valence-corrected chi connectivity index (χ0v) is 4.39. The summed E-state index contributed by atoms with van der Waals surface area (Å²) in [6, 6.07) is 0. The van der Waals surface area contributed by atoms with E-state index in [4.69, 9.17) is 5.11 Å². The summed E-state index contributed by atoms with van der Waals surface area (Å²) in [5.41, 5.74) is 2.60. The van der Waals surface area contributed by atoms with Gasteiger partial charge in [0.05, 0.1) is 13.2 Å². The lowest BCUT2D eigenvalue weighted by Crippen LogP contribution is -2.10. The third-order valence-electron chi connectivity index (χ3n) is 0.444. The Morgan fingerprint density at radius 2 is 2.57 bits per heavy atom. The maximum atomic E-state index is 8.16. The molecule has 0 heterocycles. The zero-order valence-electron chi connectivity index (χ0n) is 4.39. The molecular formula is C4H10N2O. The van der Waals surface area contributed by atoms with Crippen molar-refractivity contribution in [3.05, 3.63) is 0 Å². The first-order chi connectivity index (χ1) is 3.41. The van der Waals surface area contributed by atoms with E-state index in [9.17, 15) is 0 Å². The minimum atomic E-state index is 0.136. The molecule has 0 spiro atoms. The molecule has 2 N–H and O–H groups in total. The summed E-state index contributed by atoms with van der Waals surface area (Å²) < 4.78 is 0. The Labute approximate surface area is 43.0 Å². The molecule has 0 aromatic heterocycles. The smallest absolute Gasteiger partial charge is 0.0620 e. The van der Waals surface area contributed by atoms with Gasteiger partial charge in [0.1, 0.15) is 0 Å². The molecule has 0 fully saturated rings. The van der Waals surface area contributed by atoms with Gasteiger partial charge in [0, 0.05) is 6.21 Å². The van der Waals surface area contributed by atoms with Gasteiger partial charge in [-0.25, -0.2) is 0 Å². The summed E-state index contributed by atoms with van der Waals surface area (Å²) in [6.45, 7) is 2.48. The summed E-state index contributed by atoms with van der Waals surface area (Å²) >= 11 is 0. The van der Waals surface area contributed by atoms with Gasteiger partial charge < -0.3 is 10.5 Å². The number of nitrogens with zero attached hydrogens (tertiary/aromatic N) is 1. The molecule has 0 rings (SSSR count). The summed E-state index contributed by atoms with van der Waals surface area (Å²) in [4.78, 5) is 0. The van der Waals surface area contributed by atoms with E-state index in [1.807, 2.05) is 6.92 Å². The predicted octanol–water partition coefficient (Wildman–Crippen LogP) is -0.426. The standard InChI is InChI=1S/C4H10N2O/c1-2-5-6-3-4-7/h2,6-7H,3-4H2,1H3. The van der Waals surface area contributed by atoms with Gasteiger partial charge in [-0.15, -0.1) is 0 Å². The molecule has 0 aliphatic heterocycles. The number of hydrogen-bond acceptors (Lipinski definition) is 3. The van der Waals surface area contributed by atoms with Crippen molar-refractivity contribution in [1.82, 2.24) is 5.43 Å². The second kappa shape index (κ2) is 5.43. The van der Waals surface area contributed by atoms with E-state index in [2.05, 4.69) is 10.5 Å². The van der Waals surface area contributed by atoms with Gasteiger partial charge in [0.25, 0.3) is 0 Å². The predicted molar refractivity (Wildman–Crippen MR) is 29.3 cm³/mol. The van der Waals surface area contributed by atoms with Crippen LogP contribution in [0.5, 0.6) is 0 Å². The summed E-state index contributed by atoms with van der Waals surface area (Å²) in [7, 11) is 0. The third-order valence-corrected chi connectivity index (χ3v) is 0.444. The molecule has 0 radical (unpaired) electrons. The monoisotopic (exact) mass is 102 g/mol. The molecule has 0 aliphatic carbocycles. The van der Waals surface area contributed by atoms with Crippen molar-refractivity contribution < 1.29 is 5.11 Å². The van der Waals surface area contributed by atoms with Crippen molar-refractivity contribution in [2.24, 2.45) is 5.10 Å². The maximum Gasteiger partial charge on any atom is 0.0620 e. The van der Waals surface area contributed by atoms with Crippen LogP contribution in [-0.2, 0) is 0 Å². The lowest BCUT2D eigenvalue weighted by molar-refractivity contribution is 0.294. The highest BCUT2D eigenvalue weighted by molar-refractivity contribution is 5.52. The Morgan fingerprint density at radius 3 is 3.00 bits per heavy atom. The number of aliphatic hydroxyl groups excluding tert-OH is 1. The summed E-state index contributed by atoms with van der Waals surface area (Å²) in [5, 5.41) is 11.8. The van der Waals surface area contributed by atoms with Crippen molar-refractivity contribution in [3.63, 3.8) is 0 Å². The van der Waals surface area contributed by atoms with Crippen molar-refractivity contribution >= 4 is 6.21 Å². The van der Waals surface area contributed by atoms with Crippen LogP contribution < -0.4 is 5.43 Å². The number of hydrogen-bond donors (Lipinski definition) is 2. The van der Waals surface area contributed by atoms with Crippen LogP contribution in [0.4, 0.5) is 0 Å². The molecule has 0 saturated heterocycles. The fourth-order valence-electron chi connectivity index (χ4n) is 0.206. The largest absolute Gasteiger partial charge is 0.394 e. The Kier molecular flexibility index (Phi) is 4.99. The number of hydrazone groups is 1. The molecule has 0 bridgehead atoms. The second-order valence-electron chi connectivity index (χ2n) is 1.02. The average molecular weight is 102 g/mol. The van der Waals surface area contributed by atoms with Gasteiger partial charge in [-0.2, -0.15) is 5.10 Å². The van der Waals surface area contributed by atoms with Crippen LogP contribution >= 0.6 is 0 Å². The fraction of sp³-hybridized carbons (Fsp3) is 0.750. The van der Waals surface area contributed by atoms with Crippen LogP contribution in [0.15, 0.2) is 5.10 Å². The number of nitrogens with one attached hydrogen (secondary N) is 1. The Hall–Kier alpha value is -0.570. The molecule has 0 aromatic carbocycles. The molecule has 7 heavy (non-hydrogen) atoms. The first-order valence-corrected chi connectivity index (χ1v) is 2.23. The minimum absolute atomic E-state index is 0.136. The van der Waals surface area contributed by atoms with Crippen molar-refractivity contribution in [3.8, 4) is 0 Å². The minimum Gasteiger partial charge on any atom is -0.394 e. The molecule has 3 heteroatoms. The van der Waals surface area contributed by atoms with Crippen molar-refractivity contribution in [2.45, 2.75) is 6.92 Å². The quantitative estimate of drug-likeness (QED) is 0.288. The van der Waals surface area contributed by atoms with E-state index < -0.39 is 0 Å². The molecular weight excluding hydrogens is 92.1 g/mol.